The Hall–Kier alpha value is -0.980. The van der Waals surface area contributed by atoms with Gasteiger partial charge in [-0.1, -0.05) is 17.7 Å². The fourth-order valence-corrected chi connectivity index (χ4v) is 1.25. The molecule has 0 atom stereocenters. The van der Waals surface area contributed by atoms with Crippen molar-refractivity contribution < 1.29 is 4.74 Å². The van der Waals surface area contributed by atoms with Crippen LogP contribution in [0.15, 0.2) is 18.2 Å². The average Bonchev–Trinajstić information content (AvgIpc) is 2.04. The molecule has 1 heterocycles. The van der Waals surface area contributed by atoms with Crippen LogP contribution in [0.4, 0.5) is 0 Å². The molecule has 11 heavy (non-hydrogen) atoms. The van der Waals surface area contributed by atoms with Crippen molar-refractivity contribution in [3.05, 3.63) is 35.7 Å². The fraction of sp³-hybridized carbons (Fsp3) is 0.300. The van der Waals surface area contributed by atoms with Crippen molar-refractivity contribution in [3.8, 4) is 5.75 Å². The summed E-state index contributed by atoms with van der Waals surface area (Å²) in [6, 6.07) is 6.18. The topological polar surface area (TPSA) is 9.23 Å². The highest BCUT2D eigenvalue weighted by atomic mass is 16.5. The summed E-state index contributed by atoms with van der Waals surface area (Å²) in [5, 5.41) is 0. The van der Waals surface area contributed by atoms with Gasteiger partial charge in [0.15, 0.2) is 0 Å². The van der Waals surface area contributed by atoms with Gasteiger partial charge in [0, 0.05) is 12.0 Å². The van der Waals surface area contributed by atoms with E-state index in [1.165, 1.54) is 5.56 Å². The van der Waals surface area contributed by atoms with Gasteiger partial charge in [0.05, 0.1) is 6.61 Å². The van der Waals surface area contributed by atoms with E-state index in [2.05, 4.69) is 25.5 Å². The lowest BCUT2D eigenvalue weighted by Crippen LogP contribution is -2.06. The second-order valence-corrected chi connectivity index (χ2v) is 2.77. The SMILES string of the molecule is Cc1ccc2c(c1)[C]CCO2. The Morgan fingerprint density at radius 2 is 2.36 bits per heavy atom. The molecule has 0 unspecified atom stereocenters. The first-order chi connectivity index (χ1) is 5.36. The van der Waals surface area contributed by atoms with Crippen LogP contribution in [-0.4, -0.2) is 6.61 Å². The smallest absolute Gasteiger partial charge is 0.123 e. The lowest BCUT2D eigenvalue weighted by atomic mass is 10.0. The van der Waals surface area contributed by atoms with E-state index < -0.39 is 0 Å². The third-order valence-electron chi connectivity index (χ3n) is 1.81. The molecule has 0 saturated carbocycles. The Morgan fingerprint density at radius 3 is 3.27 bits per heavy atom. The zero-order chi connectivity index (χ0) is 7.68. The minimum Gasteiger partial charge on any atom is -0.493 e. The first-order valence-electron chi connectivity index (χ1n) is 3.83. The number of aryl methyl sites for hydroxylation is 1. The van der Waals surface area contributed by atoms with Crippen LogP contribution in [-0.2, 0) is 0 Å². The van der Waals surface area contributed by atoms with Crippen molar-refractivity contribution in [2.45, 2.75) is 13.3 Å². The van der Waals surface area contributed by atoms with Gasteiger partial charge in [0.2, 0.25) is 0 Å². The van der Waals surface area contributed by atoms with Gasteiger partial charge in [0.25, 0.3) is 0 Å². The predicted octanol–water partition coefficient (Wildman–Crippen LogP) is 2.21. The summed E-state index contributed by atoms with van der Waals surface area (Å²) in [5.74, 6) is 0.974. The molecule has 56 valence electrons. The van der Waals surface area contributed by atoms with Crippen LogP contribution < -0.4 is 4.74 Å². The fourth-order valence-electron chi connectivity index (χ4n) is 1.25. The van der Waals surface area contributed by atoms with Crippen molar-refractivity contribution in [1.82, 2.24) is 0 Å². The van der Waals surface area contributed by atoms with E-state index in [4.69, 9.17) is 4.74 Å². The molecule has 0 amide bonds. The van der Waals surface area contributed by atoms with Crippen molar-refractivity contribution in [1.29, 1.82) is 0 Å². The summed E-state index contributed by atoms with van der Waals surface area (Å²) < 4.78 is 5.42. The maximum atomic E-state index is 5.42. The summed E-state index contributed by atoms with van der Waals surface area (Å²) in [6.45, 7) is 2.85. The van der Waals surface area contributed by atoms with E-state index in [1.807, 2.05) is 6.07 Å². The Morgan fingerprint density at radius 1 is 1.45 bits per heavy atom. The molecule has 0 spiro atoms. The van der Waals surface area contributed by atoms with E-state index >= 15 is 0 Å². The van der Waals surface area contributed by atoms with Crippen LogP contribution in [0, 0.1) is 13.3 Å². The Balaban J connectivity index is 2.43. The summed E-state index contributed by atoms with van der Waals surface area (Å²) in [5.41, 5.74) is 2.39. The molecular weight excluding hydrogens is 136 g/mol. The normalized spacial score (nSPS) is 15.4. The Kier molecular flexibility index (Phi) is 1.57. The Bertz CT molecular complexity index is 266. The number of hydrogen-bond donors (Lipinski definition) is 0. The molecule has 0 bridgehead atoms. The van der Waals surface area contributed by atoms with Gasteiger partial charge in [-0.2, -0.15) is 0 Å². The molecule has 0 aliphatic carbocycles. The van der Waals surface area contributed by atoms with Crippen molar-refractivity contribution in [3.63, 3.8) is 0 Å². The Labute approximate surface area is 67.0 Å². The van der Waals surface area contributed by atoms with Gasteiger partial charge >= 0.3 is 0 Å². The molecule has 1 aliphatic rings. The highest BCUT2D eigenvalue weighted by Gasteiger charge is 2.09. The zero-order valence-electron chi connectivity index (χ0n) is 6.55. The van der Waals surface area contributed by atoms with Crippen molar-refractivity contribution in [2.24, 2.45) is 0 Å². The molecule has 0 saturated heterocycles. The summed E-state index contributed by atoms with van der Waals surface area (Å²) in [4.78, 5) is 0. The van der Waals surface area contributed by atoms with Crippen LogP contribution in [0.3, 0.4) is 0 Å². The maximum Gasteiger partial charge on any atom is 0.123 e. The molecular formula is C10H10O. The summed E-state index contributed by atoms with van der Waals surface area (Å²) >= 11 is 0. The van der Waals surface area contributed by atoms with Gasteiger partial charge in [-0.25, -0.2) is 0 Å². The highest BCUT2D eigenvalue weighted by molar-refractivity contribution is 5.42. The maximum absolute atomic E-state index is 5.42. The molecule has 2 radical (unpaired) electrons. The van der Waals surface area contributed by atoms with Crippen LogP contribution in [0.2, 0.25) is 0 Å². The molecule has 0 fully saturated rings. The van der Waals surface area contributed by atoms with Crippen LogP contribution in [0.5, 0.6) is 5.75 Å². The molecule has 2 rings (SSSR count). The van der Waals surface area contributed by atoms with Crippen molar-refractivity contribution in [2.75, 3.05) is 6.61 Å². The molecule has 1 aromatic carbocycles. The van der Waals surface area contributed by atoms with Crippen LogP contribution in [0.1, 0.15) is 17.5 Å². The zero-order valence-corrected chi connectivity index (χ0v) is 6.55. The second kappa shape index (κ2) is 2.57. The van der Waals surface area contributed by atoms with E-state index in [0.717, 1.165) is 24.3 Å². The molecule has 1 aromatic rings. The number of rotatable bonds is 0. The third-order valence-corrected chi connectivity index (χ3v) is 1.81. The van der Waals surface area contributed by atoms with E-state index in [0.29, 0.717) is 0 Å². The minimum atomic E-state index is 0.774. The number of benzene rings is 1. The number of hydrogen-bond acceptors (Lipinski definition) is 1. The highest BCUT2D eigenvalue weighted by Crippen LogP contribution is 2.26. The standard InChI is InChI=1S/C10H10O/c1-8-4-5-10-9(7-8)3-2-6-11-10/h4-5,7H,2,6H2,1H3. The molecule has 1 heteroatoms. The van der Waals surface area contributed by atoms with E-state index in [9.17, 15) is 0 Å². The number of ether oxygens (including phenoxy) is 1. The molecule has 1 nitrogen and oxygen atoms in total. The molecule has 0 N–H and O–H groups in total. The molecule has 0 aromatic heterocycles. The lowest BCUT2D eigenvalue weighted by Gasteiger charge is -2.16. The molecule has 1 aliphatic heterocycles. The number of fused-ring (bicyclic) bond motifs is 1. The van der Waals surface area contributed by atoms with Gasteiger partial charge < -0.3 is 4.74 Å². The summed E-state index contributed by atoms with van der Waals surface area (Å²) in [6.07, 6.45) is 4.19. The van der Waals surface area contributed by atoms with Gasteiger partial charge in [-0.15, -0.1) is 0 Å². The van der Waals surface area contributed by atoms with Crippen molar-refractivity contribution >= 4 is 0 Å². The van der Waals surface area contributed by atoms with Crippen LogP contribution >= 0.6 is 0 Å². The van der Waals surface area contributed by atoms with Gasteiger partial charge in [-0.05, 0) is 19.4 Å². The predicted molar refractivity (Wildman–Crippen MR) is 43.6 cm³/mol. The van der Waals surface area contributed by atoms with Gasteiger partial charge in [-0.3, -0.25) is 0 Å². The largest absolute Gasteiger partial charge is 0.493 e. The third kappa shape index (κ3) is 1.23. The monoisotopic (exact) mass is 146 g/mol. The average molecular weight is 146 g/mol. The quantitative estimate of drug-likeness (QED) is 0.545. The first kappa shape index (κ1) is 6.71. The second-order valence-electron chi connectivity index (χ2n) is 2.77. The first-order valence-corrected chi connectivity index (χ1v) is 3.83. The lowest BCUT2D eigenvalue weighted by molar-refractivity contribution is 0.306. The van der Waals surface area contributed by atoms with Gasteiger partial charge in [0.1, 0.15) is 5.75 Å². The van der Waals surface area contributed by atoms with E-state index in [1.54, 1.807) is 0 Å². The minimum absolute atomic E-state index is 0.774. The van der Waals surface area contributed by atoms with Crippen LogP contribution in [0.25, 0.3) is 0 Å². The summed E-state index contributed by atoms with van der Waals surface area (Å²) in [7, 11) is 0. The van der Waals surface area contributed by atoms with E-state index in [-0.39, 0.29) is 0 Å².